The second-order valence-electron chi connectivity index (χ2n) is 9.08. The number of hydrogen-bond donors (Lipinski definition) is 3. The van der Waals surface area contributed by atoms with Gasteiger partial charge in [-0.3, -0.25) is 9.20 Å². The lowest BCUT2D eigenvalue weighted by Gasteiger charge is -2.19. The maximum atomic E-state index is 14.8. The van der Waals surface area contributed by atoms with E-state index >= 15 is 0 Å². The molecule has 1 fully saturated rings. The number of nitrogens with two attached hydrogens (primary N) is 1. The van der Waals surface area contributed by atoms with E-state index in [2.05, 4.69) is 20.6 Å². The Balaban J connectivity index is 0.00000210. The first kappa shape index (κ1) is 30.1. The molecule has 2 atom stereocenters. The maximum Gasteiger partial charge on any atom is 0.251 e. The van der Waals surface area contributed by atoms with Gasteiger partial charge in [-0.05, 0) is 61.6 Å². The van der Waals surface area contributed by atoms with Crippen molar-refractivity contribution in [2.75, 3.05) is 12.4 Å². The fourth-order valence-corrected chi connectivity index (χ4v) is 4.83. The normalized spacial score (nSPS) is 16.3. The van der Waals surface area contributed by atoms with Crippen LogP contribution in [0.25, 0.3) is 16.9 Å². The van der Waals surface area contributed by atoms with E-state index in [1.165, 1.54) is 25.4 Å². The van der Waals surface area contributed by atoms with Gasteiger partial charge in [-0.25, -0.2) is 14.4 Å². The Labute approximate surface area is 237 Å². The Hall–Kier alpha value is -3.47. The molecular weight excluding hydrogens is 549 g/mol. The Kier molecular flexibility index (Phi) is 9.71. The number of carbonyl (C=O) groups is 1. The lowest BCUT2D eigenvalue weighted by atomic mass is 10.0. The fraction of sp³-hybridized carbons (Fsp3) is 0.296. The molecule has 0 spiro atoms. The highest BCUT2D eigenvalue weighted by Gasteiger charge is 2.26. The third-order valence-electron chi connectivity index (χ3n) is 6.85. The molecular formula is C27H30Cl2F2N6O2. The molecule has 8 nitrogen and oxygen atoms in total. The Morgan fingerprint density at radius 2 is 1.95 bits per heavy atom. The predicted octanol–water partition coefficient (Wildman–Crippen LogP) is 5.44. The number of ether oxygens (including phenoxy) is 1. The number of imidazole rings is 1. The second kappa shape index (κ2) is 12.6. The van der Waals surface area contributed by atoms with Crippen LogP contribution < -0.4 is 21.1 Å². The molecule has 1 saturated carbocycles. The number of hydrogen-bond acceptors (Lipinski definition) is 6. The van der Waals surface area contributed by atoms with Crippen molar-refractivity contribution in [3.8, 4) is 17.0 Å². The standard InChI is InChI=1S/C27H28F2N6O2.2ClH/c1-3-15-13-16(7-8-17(15)27(36)34-20-6-4-5-19(20)30)33-25-26-32-14-21(35(26)12-11-31-25)18-9-10-22(37-2)24(29)23(18)28;;/h7-14,19-20H,3-6,30H2,1-2H3,(H,31,33)(H,34,36);2*1H/t19-,20+;;/m0../s1. The topological polar surface area (TPSA) is 107 Å². The van der Waals surface area contributed by atoms with E-state index in [-0.39, 0.29) is 54.1 Å². The van der Waals surface area contributed by atoms with E-state index in [1.807, 2.05) is 13.0 Å². The number of nitrogens with zero attached hydrogens (tertiary/aromatic N) is 3. The van der Waals surface area contributed by atoms with Crippen LogP contribution in [0.1, 0.15) is 42.1 Å². The Morgan fingerprint density at radius 3 is 2.64 bits per heavy atom. The van der Waals surface area contributed by atoms with E-state index in [4.69, 9.17) is 10.5 Å². The highest BCUT2D eigenvalue weighted by Crippen LogP contribution is 2.31. The number of anilines is 2. The average molecular weight is 579 g/mol. The number of amides is 1. The number of aryl methyl sites for hydroxylation is 1. The van der Waals surface area contributed by atoms with Crippen LogP contribution in [0.15, 0.2) is 48.9 Å². The van der Waals surface area contributed by atoms with Gasteiger partial charge in [-0.15, -0.1) is 24.8 Å². The summed E-state index contributed by atoms with van der Waals surface area (Å²) in [4.78, 5) is 21.7. The highest BCUT2D eigenvalue weighted by molar-refractivity contribution is 5.96. The molecule has 4 N–H and O–H groups in total. The second-order valence-corrected chi connectivity index (χ2v) is 9.08. The molecule has 2 heterocycles. The highest BCUT2D eigenvalue weighted by atomic mass is 35.5. The first-order valence-electron chi connectivity index (χ1n) is 12.2. The quantitative estimate of drug-likeness (QED) is 0.269. The molecule has 0 saturated heterocycles. The molecule has 2 aromatic carbocycles. The Morgan fingerprint density at radius 1 is 1.15 bits per heavy atom. The molecule has 4 aromatic rings. The van der Waals surface area contributed by atoms with Gasteiger partial charge in [0, 0.05) is 41.3 Å². The zero-order chi connectivity index (χ0) is 26.1. The molecule has 39 heavy (non-hydrogen) atoms. The molecule has 2 aromatic heterocycles. The van der Waals surface area contributed by atoms with Crippen molar-refractivity contribution >= 4 is 47.9 Å². The number of fused-ring (bicyclic) bond motifs is 1. The minimum Gasteiger partial charge on any atom is -0.494 e. The molecule has 1 amide bonds. The van der Waals surface area contributed by atoms with Gasteiger partial charge in [0.1, 0.15) is 0 Å². The van der Waals surface area contributed by atoms with Gasteiger partial charge in [0.05, 0.1) is 19.0 Å². The monoisotopic (exact) mass is 578 g/mol. The molecule has 208 valence electrons. The summed E-state index contributed by atoms with van der Waals surface area (Å²) in [5, 5.41) is 6.31. The summed E-state index contributed by atoms with van der Waals surface area (Å²) in [6, 6.07) is 8.29. The van der Waals surface area contributed by atoms with Gasteiger partial charge in [-0.1, -0.05) is 6.92 Å². The van der Waals surface area contributed by atoms with E-state index in [0.29, 0.717) is 29.1 Å². The summed E-state index contributed by atoms with van der Waals surface area (Å²) in [7, 11) is 1.28. The number of nitrogens with one attached hydrogen (secondary N) is 2. The van der Waals surface area contributed by atoms with Crippen molar-refractivity contribution in [1.82, 2.24) is 19.7 Å². The number of methoxy groups -OCH3 is 1. The van der Waals surface area contributed by atoms with Crippen LogP contribution in [0.4, 0.5) is 20.3 Å². The first-order chi connectivity index (χ1) is 17.9. The van der Waals surface area contributed by atoms with Crippen LogP contribution in [0.5, 0.6) is 5.75 Å². The zero-order valence-corrected chi connectivity index (χ0v) is 23.0. The van der Waals surface area contributed by atoms with E-state index in [1.54, 1.807) is 28.9 Å². The van der Waals surface area contributed by atoms with Crippen LogP contribution >= 0.6 is 24.8 Å². The predicted molar refractivity (Wildman–Crippen MR) is 152 cm³/mol. The summed E-state index contributed by atoms with van der Waals surface area (Å²) >= 11 is 0. The van der Waals surface area contributed by atoms with Crippen molar-refractivity contribution in [1.29, 1.82) is 0 Å². The zero-order valence-electron chi connectivity index (χ0n) is 21.4. The summed E-state index contributed by atoms with van der Waals surface area (Å²) in [6.07, 6.45) is 8.12. The van der Waals surface area contributed by atoms with Gasteiger partial charge in [0.15, 0.2) is 23.0 Å². The third kappa shape index (κ3) is 5.78. The largest absolute Gasteiger partial charge is 0.494 e. The lowest BCUT2D eigenvalue weighted by Crippen LogP contribution is -2.44. The van der Waals surface area contributed by atoms with Gasteiger partial charge in [0.25, 0.3) is 5.91 Å². The van der Waals surface area contributed by atoms with Crippen LogP contribution in [-0.4, -0.2) is 39.5 Å². The van der Waals surface area contributed by atoms with Crippen LogP contribution in [-0.2, 0) is 6.42 Å². The molecule has 1 aliphatic carbocycles. The van der Waals surface area contributed by atoms with E-state index in [0.717, 1.165) is 30.5 Å². The van der Waals surface area contributed by atoms with Gasteiger partial charge < -0.3 is 21.1 Å². The summed E-state index contributed by atoms with van der Waals surface area (Å²) in [6.45, 7) is 1.99. The number of benzene rings is 2. The van der Waals surface area contributed by atoms with Gasteiger partial charge in [0.2, 0.25) is 5.82 Å². The van der Waals surface area contributed by atoms with Crippen molar-refractivity contribution in [3.05, 3.63) is 71.7 Å². The Bertz CT molecular complexity index is 1480. The van der Waals surface area contributed by atoms with Crippen molar-refractivity contribution in [3.63, 3.8) is 0 Å². The number of halogens is 4. The molecule has 0 bridgehead atoms. The summed E-state index contributed by atoms with van der Waals surface area (Å²) in [5.41, 5.74) is 9.17. The van der Waals surface area contributed by atoms with Crippen LogP contribution in [0.3, 0.4) is 0 Å². The van der Waals surface area contributed by atoms with Crippen LogP contribution in [0.2, 0.25) is 0 Å². The molecule has 0 radical (unpaired) electrons. The van der Waals surface area contributed by atoms with Crippen molar-refractivity contribution < 1.29 is 18.3 Å². The molecule has 1 aliphatic rings. The maximum absolute atomic E-state index is 14.8. The summed E-state index contributed by atoms with van der Waals surface area (Å²) < 4.78 is 35.6. The van der Waals surface area contributed by atoms with Crippen molar-refractivity contribution in [2.24, 2.45) is 5.73 Å². The summed E-state index contributed by atoms with van der Waals surface area (Å²) in [5.74, 6) is -1.95. The molecule has 0 unspecified atom stereocenters. The first-order valence-corrected chi connectivity index (χ1v) is 12.2. The minimum atomic E-state index is -1.06. The van der Waals surface area contributed by atoms with Gasteiger partial charge >= 0.3 is 0 Å². The molecule has 12 heteroatoms. The lowest BCUT2D eigenvalue weighted by molar-refractivity contribution is 0.0933. The number of carbonyl (C=O) groups excluding carboxylic acids is 1. The van der Waals surface area contributed by atoms with Crippen molar-refractivity contribution in [2.45, 2.75) is 44.7 Å². The molecule has 0 aliphatic heterocycles. The van der Waals surface area contributed by atoms with Gasteiger partial charge in [-0.2, -0.15) is 4.39 Å². The van der Waals surface area contributed by atoms with Crippen LogP contribution in [0, 0.1) is 11.6 Å². The SMILES string of the molecule is CCc1cc(Nc2nccn3c(-c4ccc(OC)c(F)c4F)cnc23)ccc1C(=O)N[C@@H]1CCC[C@@H]1N.Cl.Cl. The number of rotatable bonds is 7. The smallest absolute Gasteiger partial charge is 0.251 e. The third-order valence-corrected chi connectivity index (χ3v) is 6.85. The molecule has 5 rings (SSSR count). The average Bonchev–Trinajstić information content (AvgIpc) is 3.52. The fourth-order valence-electron chi connectivity index (χ4n) is 4.83. The van der Waals surface area contributed by atoms with E-state index in [9.17, 15) is 13.6 Å². The van der Waals surface area contributed by atoms with E-state index < -0.39 is 11.6 Å². The minimum absolute atomic E-state index is 0. The number of aromatic nitrogens is 3.